The maximum absolute atomic E-state index is 12.0. The number of rotatable bonds is 3. The molecule has 0 unspecified atom stereocenters. The van der Waals surface area contributed by atoms with Gasteiger partial charge in [0.1, 0.15) is 5.60 Å². The van der Waals surface area contributed by atoms with Gasteiger partial charge in [0.05, 0.1) is 5.56 Å². The highest BCUT2D eigenvalue weighted by atomic mass is 16.6. The molecule has 130 valence electrons. The van der Waals surface area contributed by atoms with Crippen LogP contribution in [0.5, 0.6) is 0 Å². The van der Waals surface area contributed by atoms with Crippen molar-refractivity contribution in [2.24, 2.45) is 5.92 Å². The van der Waals surface area contributed by atoms with Crippen LogP contribution in [0.15, 0.2) is 30.3 Å². The van der Waals surface area contributed by atoms with Crippen molar-refractivity contribution in [2.45, 2.75) is 39.2 Å². The van der Waals surface area contributed by atoms with Crippen molar-refractivity contribution < 1.29 is 19.4 Å². The summed E-state index contributed by atoms with van der Waals surface area (Å²) in [7, 11) is 0. The zero-order valence-electron chi connectivity index (χ0n) is 14.5. The first kappa shape index (κ1) is 18.0. The Labute approximate surface area is 142 Å². The van der Waals surface area contributed by atoms with Crippen molar-refractivity contribution in [2.75, 3.05) is 13.1 Å². The van der Waals surface area contributed by atoms with Crippen molar-refractivity contribution in [3.05, 3.63) is 41.5 Å². The standard InChI is InChI=1S/C19H25NO4/c1-19(2,3)24-18(23)20-11-9-14(10-12-20)7-8-15-5-4-6-16(13-15)17(21)22/h4-8,13-14H,9-12H2,1-3H3,(H,21,22)/b8-7+. The van der Waals surface area contributed by atoms with Crippen LogP contribution in [-0.4, -0.2) is 40.8 Å². The molecule has 0 atom stereocenters. The number of carbonyl (C=O) groups excluding carboxylic acids is 1. The summed E-state index contributed by atoms with van der Waals surface area (Å²) >= 11 is 0. The van der Waals surface area contributed by atoms with E-state index in [4.69, 9.17) is 9.84 Å². The summed E-state index contributed by atoms with van der Waals surface area (Å²) in [5.41, 5.74) is 0.699. The van der Waals surface area contributed by atoms with Crippen LogP contribution in [0.1, 0.15) is 49.5 Å². The number of carbonyl (C=O) groups is 2. The first-order valence-electron chi connectivity index (χ1n) is 8.24. The fraction of sp³-hybridized carbons (Fsp3) is 0.474. The summed E-state index contributed by atoms with van der Waals surface area (Å²) < 4.78 is 5.39. The van der Waals surface area contributed by atoms with Crippen LogP contribution in [0.2, 0.25) is 0 Å². The Balaban J connectivity index is 1.88. The number of ether oxygens (including phenoxy) is 1. The predicted octanol–water partition coefficient (Wildman–Crippen LogP) is 4.05. The first-order valence-corrected chi connectivity index (χ1v) is 8.24. The van der Waals surface area contributed by atoms with Gasteiger partial charge in [0, 0.05) is 13.1 Å². The van der Waals surface area contributed by atoms with Crippen molar-refractivity contribution >= 4 is 18.1 Å². The average Bonchev–Trinajstić information content (AvgIpc) is 2.52. The van der Waals surface area contributed by atoms with Crippen LogP contribution in [0.3, 0.4) is 0 Å². The van der Waals surface area contributed by atoms with E-state index < -0.39 is 11.6 Å². The molecule has 5 nitrogen and oxygen atoms in total. The quantitative estimate of drug-likeness (QED) is 0.907. The Hall–Kier alpha value is -2.30. The average molecular weight is 331 g/mol. The number of nitrogens with zero attached hydrogens (tertiary/aromatic N) is 1. The first-order chi connectivity index (χ1) is 11.2. The summed E-state index contributed by atoms with van der Waals surface area (Å²) in [6, 6.07) is 6.88. The zero-order chi connectivity index (χ0) is 17.7. The minimum absolute atomic E-state index is 0.251. The molecule has 0 aliphatic carbocycles. The molecular weight excluding hydrogens is 306 g/mol. The van der Waals surface area contributed by atoms with Gasteiger partial charge in [0.2, 0.25) is 0 Å². The van der Waals surface area contributed by atoms with Crippen LogP contribution < -0.4 is 0 Å². The van der Waals surface area contributed by atoms with Gasteiger partial charge in [0.15, 0.2) is 0 Å². The molecule has 1 amide bonds. The van der Waals surface area contributed by atoms with Gasteiger partial charge >= 0.3 is 12.1 Å². The van der Waals surface area contributed by atoms with Crippen molar-refractivity contribution in [3.63, 3.8) is 0 Å². The maximum Gasteiger partial charge on any atom is 0.410 e. The number of carboxylic acid groups (broad SMARTS) is 1. The lowest BCUT2D eigenvalue weighted by molar-refractivity contribution is 0.0197. The third-order valence-corrected chi connectivity index (χ3v) is 3.89. The molecule has 1 saturated heterocycles. The predicted molar refractivity (Wildman–Crippen MR) is 93.0 cm³/mol. The third kappa shape index (κ3) is 5.41. The molecule has 1 N–H and O–H groups in total. The summed E-state index contributed by atoms with van der Waals surface area (Å²) in [4.78, 5) is 24.8. The Kier molecular flexibility index (Phi) is 5.65. The molecule has 1 aliphatic rings. The summed E-state index contributed by atoms with van der Waals surface area (Å²) in [6.07, 6.45) is 5.58. The number of hydrogen-bond acceptors (Lipinski definition) is 3. The second-order valence-corrected chi connectivity index (χ2v) is 7.09. The van der Waals surface area contributed by atoms with Gasteiger partial charge in [-0.2, -0.15) is 0 Å². The fourth-order valence-corrected chi connectivity index (χ4v) is 2.62. The van der Waals surface area contributed by atoms with Crippen LogP contribution >= 0.6 is 0 Å². The Bertz CT molecular complexity index is 622. The lowest BCUT2D eigenvalue weighted by atomic mass is 9.95. The largest absolute Gasteiger partial charge is 0.478 e. The normalized spacial score (nSPS) is 16.4. The molecule has 5 heteroatoms. The molecule has 1 aromatic carbocycles. The van der Waals surface area contributed by atoms with Gasteiger partial charge in [-0.1, -0.05) is 24.3 Å². The molecule has 0 bridgehead atoms. The van der Waals surface area contributed by atoms with E-state index in [2.05, 4.69) is 6.08 Å². The SMILES string of the molecule is CC(C)(C)OC(=O)N1CCC(/C=C/c2cccc(C(=O)O)c2)CC1. The highest BCUT2D eigenvalue weighted by Gasteiger charge is 2.25. The summed E-state index contributed by atoms with van der Waals surface area (Å²) in [5, 5.41) is 9.01. The maximum atomic E-state index is 12.0. The number of piperidine rings is 1. The Morgan fingerprint density at radius 2 is 1.92 bits per heavy atom. The van der Waals surface area contributed by atoms with E-state index in [9.17, 15) is 9.59 Å². The van der Waals surface area contributed by atoms with E-state index in [1.807, 2.05) is 32.9 Å². The number of likely N-dealkylation sites (tertiary alicyclic amines) is 1. The number of hydrogen-bond donors (Lipinski definition) is 1. The van der Waals surface area contributed by atoms with Crippen molar-refractivity contribution in [3.8, 4) is 0 Å². The number of benzene rings is 1. The summed E-state index contributed by atoms with van der Waals surface area (Å²) in [5.74, 6) is -0.534. The monoisotopic (exact) mass is 331 g/mol. The van der Waals surface area contributed by atoms with E-state index in [0.717, 1.165) is 18.4 Å². The third-order valence-electron chi connectivity index (χ3n) is 3.89. The van der Waals surface area contributed by atoms with Gasteiger partial charge in [-0.15, -0.1) is 0 Å². The van der Waals surface area contributed by atoms with Crippen LogP contribution in [0, 0.1) is 5.92 Å². The number of amides is 1. The molecule has 0 saturated carbocycles. The zero-order valence-corrected chi connectivity index (χ0v) is 14.5. The topological polar surface area (TPSA) is 66.8 Å². The lowest BCUT2D eigenvalue weighted by Gasteiger charge is -2.32. The number of carboxylic acids is 1. The molecule has 0 spiro atoms. The van der Waals surface area contributed by atoms with Gasteiger partial charge in [0.25, 0.3) is 0 Å². The minimum atomic E-state index is -0.920. The van der Waals surface area contributed by atoms with E-state index >= 15 is 0 Å². The highest BCUT2D eigenvalue weighted by Crippen LogP contribution is 2.21. The van der Waals surface area contributed by atoms with Crippen LogP contribution in [0.25, 0.3) is 6.08 Å². The van der Waals surface area contributed by atoms with Gasteiger partial charge in [-0.25, -0.2) is 9.59 Å². The Morgan fingerprint density at radius 1 is 1.25 bits per heavy atom. The van der Waals surface area contributed by atoms with Gasteiger partial charge in [-0.05, 0) is 57.2 Å². The number of allylic oxidation sites excluding steroid dienone is 1. The van der Waals surface area contributed by atoms with E-state index in [1.165, 1.54) is 0 Å². The summed E-state index contributed by atoms with van der Waals surface area (Å²) in [6.45, 7) is 6.96. The van der Waals surface area contributed by atoms with Crippen LogP contribution in [0.4, 0.5) is 4.79 Å². The molecule has 1 fully saturated rings. The highest BCUT2D eigenvalue weighted by molar-refractivity contribution is 5.88. The van der Waals surface area contributed by atoms with E-state index in [1.54, 1.807) is 23.1 Å². The second kappa shape index (κ2) is 7.51. The molecule has 0 radical (unpaired) electrons. The van der Waals surface area contributed by atoms with E-state index in [0.29, 0.717) is 19.0 Å². The van der Waals surface area contributed by atoms with Crippen molar-refractivity contribution in [1.82, 2.24) is 4.90 Å². The fourth-order valence-electron chi connectivity index (χ4n) is 2.62. The minimum Gasteiger partial charge on any atom is -0.478 e. The molecule has 1 aliphatic heterocycles. The van der Waals surface area contributed by atoms with Crippen molar-refractivity contribution in [1.29, 1.82) is 0 Å². The smallest absolute Gasteiger partial charge is 0.410 e. The Morgan fingerprint density at radius 3 is 2.50 bits per heavy atom. The van der Waals surface area contributed by atoms with Gasteiger partial charge in [-0.3, -0.25) is 0 Å². The molecule has 2 rings (SSSR count). The molecule has 1 aromatic rings. The number of aromatic carboxylic acids is 1. The lowest BCUT2D eigenvalue weighted by Crippen LogP contribution is -2.41. The van der Waals surface area contributed by atoms with Crippen LogP contribution in [-0.2, 0) is 4.74 Å². The molecule has 24 heavy (non-hydrogen) atoms. The second-order valence-electron chi connectivity index (χ2n) is 7.09. The molecule has 0 aromatic heterocycles. The molecular formula is C19H25NO4. The molecule has 1 heterocycles. The van der Waals surface area contributed by atoms with E-state index in [-0.39, 0.29) is 11.7 Å². The van der Waals surface area contributed by atoms with Gasteiger partial charge < -0.3 is 14.7 Å².